The van der Waals surface area contributed by atoms with Gasteiger partial charge in [-0.2, -0.15) is 0 Å². The van der Waals surface area contributed by atoms with Crippen LogP contribution in [0.3, 0.4) is 0 Å². The fourth-order valence-electron chi connectivity index (χ4n) is 3.62. The third kappa shape index (κ3) is 8.13. The van der Waals surface area contributed by atoms with Crippen LogP contribution >= 0.6 is 0 Å². The molecule has 2 rings (SSSR count). The first-order valence-corrected chi connectivity index (χ1v) is 11.1. The van der Waals surface area contributed by atoms with Crippen LogP contribution in [0.4, 0.5) is 0 Å². The standard InChI is InChI=1S/C21H34N6O6/c1-11(2)7-16(21(32)33)26-19(30)15(8-13-9-22-10-24-13)25-20(31)17(12(3)28)27-18(29)14-5-4-6-23-14/h9-12,14-17,23,28H,4-8H2,1-3H3,(H,22,24)(H,25,31)(H,26,30)(H,27,29)(H,32,33). The van der Waals surface area contributed by atoms with Gasteiger partial charge < -0.3 is 36.5 Å². The van der Waals surface area contributed by atoms with Crippen molar-refractivity contribution in [2.24, 2.45) is 5.92 Å². The molecule has 0 saturated carbocycles. The summed E-state index contributed by atoms with van der Waals surface area (Å²) in [5.74, 6) is -3.02. The zero-order valence-corrected chi connectivity index (χ0v) is 19.1. The predicted octanol–water partition coefficient (Wildman–Crippen LogP) is -1.33. The van der Waals surface area contributed by atoms with Gasteiger partial charge in [-0.25, -0.2) is 9.78 Å². The van der Waals surface area contributed by atoms with E-state index in [0.29, 0.717) is 18.7 Å². The number of carbonyl (C=O) groups excluding carboxylic acids is 3. The highest BCUT2D eigenvalue weighted by Crippen LogP contribution is 2.08. The van der Waals surface area contributed by atoms with E-state index in [1.807, 2.05) is 13.8 Å². The van der Waals surface area contributed by atoms with Crippen molar-refractivity contribution < 1.29 is 29.4 Å². The summed E-state index contributed by atoms with van der Waals surface area (Å²) in [6.07, 6.45) is 3.35. The number of nitrogens with one attached hydrogen (secondary N) is 5. The van der Waals surface area contributed by atoms with Gasteiger partial charge in [-0.15, -0.1) is 0 Å². The molecule has 0 bridgehead atoms. The molecule has 1 aromatic rings. The Bertz CT molecular complexity index is 806. The zero-order chi connectivity index (χ0) is 24.5. The van der Waals surface area contributed by atoms with E-state index >= 15 is 0 Å². The maximum atomic E-state index is 12.9. The zero-order valence-electron chi connectivity index (χ0n) is 19.1. The van der Waals surface area contributed by atoms with E-state index in [-0.39, 0.29) is 18.8 Å². The number of carboxylic acids is 1. The largest absolute Gasteiger partial charge is 0.480 e. The minimum Gasteiger partial charge on any atom is -0.480 e. The molecule has 0 aromatic carbocycles. The van der Waals surface area contributed by atoms with Crippen molar-refractivity contribution in [2.75, 3.05) is 6.54 Å². The van der Waals surface area contributed by atoms with E-state index in [2.05, 4.69) is 31.2 Å². The second-order valence-electron chi connectivity index (χ2n) is 8.75. The van der Waals surface area contributed by atoms with Crippen LogP contribution in [0, 0.1) is 5.92 Å². The number of aliphatic carboxylic acids is 1. The lowest BCUT2D eigenvalue weighted by Crippen LogP contribution is -2.60. The van der Waals surface area contributed by atoms with Crippen molar-refractivity contribution >= 4 is 23.7 Å². The SMILES string of the molecule is CC(C)CC(NC(=O)C(Cc1cnc[nH]1)NC(=O)C(NC(=O)C1CCCN1)C(C)O)C(=O)O. The highest BCUT2D eigenvalue weighted by atomic mass is 16.4. The van der Waals surface area contributed by atoms with E-state index in [0.717, 1.165) is 6.42 Å². The number of hydrogen-bond donors (Lipinski definition) is 7. The van der Waals surface area contributed by atoms with Crippen LogP contribution < -0.4 is 21.3 Å². The van der Waals surface area contributed by atoms with Crippen LogP contribution in [-0.2, 0) is 25.6 Å². The molecular formula is C21H34N6O6. The summed E-state index contributed by atoms with van der Waals surface area (Å²) in [6.45, 7) is 5.72. The Hall–Kier alpha value is -2.99. The molecule has 1 aromatic heterocycles. The maximum absolute atomic E-state index is 12.9. The predicted molar refractivity (Wildman–Crippen MR) is 118 cm³/mol. The van der Waals surface area contributed by atoms with Crippen LogP contribution in [0.1, 0.15) is 45.7 Å². The van der Waals surface area contributed by atoms with E-state index in [1.165, 1.54) is 19.4 Å². The van der Waals surface area contributed by atoms with Gasteiger partial charge in [0.05, 0.1) is 18.5 Å². The summed E-state index contributed by atoms with van der Waals surface area (Å²) >= 11 is 0. The topological polar surface area (TPSA) is 186 Å². The lowest BCUT2D eigenvalue weighted by molar-refractivity contribution is -0.143. The molecule has 1 aliphatic heterocycles. The molecule has 5 unspecified atom stereocenters. The number of hydrogen-bond acceptors (Lipinski definition) is 7. The second kappa shape index (κ2) is 12.3. The van der Waals surface area contributed by atoms with E-state index in [9.17, 15) is 29.4 Å². The number of aliphatic hydroxyl groups is 1. The monoisotopic (exact) mass is 466 g/mol. The molecule has 7 N–H and O–H groups in total. The van der Waals surface area contributed by atoms with Gasteiger partial charge >= 0.3 is 5.97 Å². The van der Waals surface area contributed by atoms with Crippen LogP contribution in [-0.4, -0.2) is 80.7 Å². The lowest BCUT2D eigenvalue weighted by Gasteiger charge is -2.26. The number of H-pyrrole nitrogens is 1. The van der Waals surface area contributed by atoms with Gasteiger partial charge in [-0.3, -0.25) is 14.4 Å². The first kappa shape index (κ1) is 26.3. The Labute approximate surface area is 192 Å². The summed E-state index contributed by atoms with van der Waals surface area (Å²) < 4.78 is 0. The average Bonchev–Trinajstić information content (AvgIpc) is 3.44. The Morgan fingerprint density at radius 2 is 1.82 bits per heavy atom. The molecule has 1 fully saturated rings. The van der Waals surface area contributed by atoms with Crippen molar-refractivity contribution in [2.45, 2.75) is 76.7 Å². The molecule has 1 aliphatic rings. The molecular weight excluding hydrogens is 432 g/mol. The van der Waals surface area contributed by atoms with Gasteiger partial charge in [0.2, 0.25) is 17.7 Å². The number of rotatable bonds is 12. The molecule has 0 spiro atoms. The average molecular weight is 467 g/mol. The molecule has 0 radical (unpaired) electrons. The summed E-state index contributed by atoms with van der Waals surface area (Å²) in [6, 6.07) is -4.02. The maximum Gasteiger partial charge on any atom is 0.326 e. The van der Waals surface area contributed by atoms with E-state index < -0.39 is 54.0 Å². The molecule has 0 aliphatic carbocycles. The number of aliphatic hydroxyl groups excluding tert-OH is 1. The number of carbonyl (C=O) groups is 4. The molecule has 33 heavy (non-hydrogen) atoms. The molecule has 1 saturated heterocycles. The quantitative estimate of drug-likeness (QED) is 0.197. The van der Waals surface area contributed by atoms with Gasteiger partial charge in [0.25, 0.3) is 0 Å². The van der Waals surface area contributed by atoms with Crippen LogP contribution in [0.25, 0.3) is 0 Å². The molecule has 12 heteroatoms. The highest BCUT2D eigenvalue weighted by molar-refractivity contribution is 5.94. The normalized spacial score (nSPS) is 19.4. The second-order valence-corrected chi connectivity index (χ2v) is 8.75. The minimum atomic E-state index is -1.29. The fraction of sp³-hybridized carbons (Fsp3) is 0.667. The van der Waals surface area contributed by atoms with Crippen molar-refractivity contribution in [1.82, 2.24) is 31.2 Å². The van der Waals surface area contributed by atoms with Crippen molar-refractivity contribution in [3.05, 3.63) is 18.2 Å². The third-order valence-electron chi connectivity index (χ3n) is 5.37. The molecule has 184 valence electrons. The van der Waals surface area contributed by atoms with Gasteiger partial charge in [-0.1, -0.05) is 13.8 Å². The number of aromatic nitrogens is 2. The van der Waals surface area contributed by atoms with Crippen LogP contribution in [0.15, 0.2) is 12.5 Å². The number of aromatic amines is 1. The van der Waals surface area contributed by atoms with Crippen molar-refractivity contribution in [3.8, 4) is 0 Å². The lowest BCUT2D eigenvalue weighted by atomic mass is 10.0. The molecule has 12 nitrogen and oxygen atoms in total. The van der Waals surface area contributed by atoms with Crippen molar-refractivity contribution in [3.63, 3.8) is 0 Å². The molecule has 2 heterocycles. The molecule has 5 atom stereocenters. The fourth-order valence-corrected chi connectivity index (χ4v) is 3.62. The number of carboxylic acid groups (broad SMARTS) is 1. The summed E-state index contributed by atoms with van der Waals surface area (Å²) in [7, 11) is 0. The van der Waals surface area contributed by atoms with Crippen LogP contribution in [0.2, 0.25) is 0 Å². The Morgan fingerprint density at radius 3 is 2.33 bits per heavy atom. The first-order chi connectivity index (χ1) is 15.6. The molecule has 3 amide bonds. The summed E-state index contributed by atoms with van der Waals surface area (Å²) in [5.41, 5.74) is 0.541. The minimum absolute atomic E-state index is 0.0102. The van der Waals surface area contributed by atoms with E-state index in [4.69, 9.17) is 0 Å². The van der Waals surface area contributed by atoms with Crippen molar-refractivity contribution in [1.29, 1.82) is 0 Å². The van der Waals surface area contributed by atoms with Gasteiger partial charge in [0, 0.05) is 18.3 Å². The summed E-state index contributed by atoms with van der Waals surface area (Å²) in [5, 5.41) is 30.1. The number of nitrogens with zero attached hydrogens (tertiary/aromatic N) is 1. The third-order valence-corrected chi connectivity index (χ3v) is 5.37. The Balaban J connectivity index is 2.14. The first-order valence-electron chi connectivity index (χ1n) is 11.1. The van der Waals surface area contributed by atoms with Gasteiger partial charge in [-0.05, 0) is 38.6 Å². The smallest absolute Gasteiger partial charge is 0.326 e. The Morgan fingerprint density at radius 1 is 1.12 bits per heavy atom. The van der Waals surface area contributed by atoms with Gasteiger partial charge in [0.15, 0.2) is 0 Å². The van der Waals surface area contributed by atoms with E-state index in [1.54, 1.807) is 0 Å². The number of imidazole rings is 1. The van der Waals surface area contributed by atoms with Gasteiger partial charge in [0.1, 0.15) is 18.1 Å². The summed E-state index contributed by atoms with van der Waals surface area (Å²) in [4.78, 5) is 56.6. The Kier molecular flexibility index (Phi) is 9.79. The van der Waals surface area contributed by atoms with Crippen LogP contribution in [0.5, 0.6) is 0 Å². The number of amides is 3. The highest BCUT2D eigenvalue weighted by Gasteiger charge is 2.33.